The highest BCUT2D eigenvalue weighted by atomic mass is 16.2. The summed E-state index contributed by atoms with van der Waals surface area (Å²) in [6, 6.07) is 15.9. The number of carbonyl (C=O) groups is 2. The number of hydrogen-bond donors (Lipinski definition) is 3. The maximum Gasteiger partial charge on any atom is 0.274 e. The van der Waals surface area contributed by atoms with Crippen LogP contribution >= 0.6 is 0 Å². The van der Waals surface area contributed by atoms with Gasteiger partial charge >= 0.3 is 0 Å². The number of primary amides is 1. The molecule has 126 valence electrons. The number of aryl methyl sites for hydroxylation is 1. The number of nitrogens with one attached hydrogen (secondary N) is 2. The summed E-state index contributed by atoms with van der Waals surface area (Å²) in [6.45, 7) is 1.96. The molecule has 0 saturated heterocycles. The first kappa shape index (κ1) is 16.4. The summed E-state index contributed by atoms with van der Waals surface area (Å²) in [5.74, 6) is -0.0514. The zero-order valence-electron chi connectivity index (χ0n) is 13.7. The Labute approximate surface area is 145 Å². The zero-order valence-corrected chi connectivity index (χ0v) is 13.7. The molecule has 6 heteroatoms. The second-order valence-corrected chi connectivity index (χ2v) is 5.52. The Hall–Kier alpha value is -3.41. The number of H-pyrrole nitrogens is 1. The van der Waals surface area contributed by atoms with Crippen molar-refractivity contribution in [3.63, 3.8) is 0 Å². The van der Waals surface area contributed by atoms with Crippen molar-refractivity contribution in [2.75, 3.05) is 5.32 Å². The lowest BCUT2D eigenvalue weighted by molar-refractivity contribution is 0.0997. The Morgan fingerprint density at radius 1 is 1.08 bits per heavy atom. The third-order valence-corrected chi connectivity index (χ3v) is 3.79. The number of aromatic nitrogens is 2. The van der Waals surface area contributed by atoms with E-state index in [9.17, 15) is 9.59 Å². The minimum absolute atomic E-state index is 0.271. The van der Waals surface area contributed by atoms with Gasteiger partial charge in [0.05, 0.1) is 0 Å². The Balaban J connectivity index is 1.95. The van der Waals surface area contributed by atoms with E-state index in [-0.39, 0.29) is 5.91 Å². The van der Waals surface area contributed by atoms with Crippen molar-refractivity contribution in [3.05, 3.63) is 71.7 Å². The minimum Gasteiger partial charge on any atom is -0.366 e. The van der Waals surface area contributed by atoms with Crippen molar-refractivity contribution in [1.29, 1.82) is 0 Å². The molecule has 3 rings (SSSR count). The molecule has 4 N–H and O–H groups in total. The number of amides is 2. The van der Waals surface area contributed by atoms with Crippen LogP contribution in [0.25, 0.3) is 11.3 Å². The predicted octanol–water partition coefficient (Wildman–Crippen LogP) is 2.99. The topological polar surface area (TPSA) is 101 Å². The van der Waals surface area contributed by atoms with Crippen LogP contribution in [0, 0.1) is 0 Å². The third-order valence-electron chi connectivity index (χ3n) is 3.79. The Kier molecular flexibility index (Phi) is 4.61. The molecule has 0 radical (unpaired) electrons. The van der Waals surface area contributed by atoms with E-state index in [2.05, 4.69) is 15.3 Å². The maximum absolute atomic E-state index is 12.7. The zero-order chi connectivity index (χ0) is 17.8. The quantitative estimate of drug-likeness (QED) is 0.668. The molecule has 0 aliphatic rings. The van der Waals surface area contributed by atoms with E-state index in [1.54, 1.807) is 24.3 Å². The molecular formula is C19H18N4O2. The molecule has 0 aliphatic carbocycles. The van der Waals surface area contributed by atoms with Gasteiger partial charge in [0, 0.05) is 23.2 Å². The highest BCUT2D eigenvalue weighted by Crippen LogP contribution is 2.23. The van der Waals surface area contributed by atoms with Gasteiger partial charge in [0.1, 0.15) is 17.2 Å². The number of hydrogen-bond acceptors (Lipinski definition) is 3. The maximum atomic E-state index is 12.7. The molecule has 1 aromatic heterocycles. The van der Waals surface area contributed by atoms with Crippen molar-refractivity contribution in [2.45, 2.75) is 13.3 Å². The van der Waals surface area contributed by atoms with Crippen molar-refractivity contribution < 1.29 is 9.59 Å². The van der Waals surface area contributed by atoms with Crippen LogP contribution in [0.2, 0.25) is 0 Å². The SMILES string of the molecule is CCc1nc(-c2ccc(C(N)=O)cc2)c(C(=O)Nc2ccccc2)[nH]1. The van der Waals surface area contributed by atoms with Crippen LogP contribution < -0.4 is 11.1 Å². The summed E-state index contributed by atoms with van der Waals surface area (Å²) in [4.78, 5) is 31.4. The van der Waals surface area contributed by atoms with Crippen LogP contribution in [0.3, 0.4) is 0 Å². The van der Waals surface area contributed by atoms with Gasteiger partial charge < -0.3 is 16.0 Å². The van der Waals surface area contributed by atoms with Gasteiger partial charge in [-0.15, -0.1) is 0 Å². The van der Waals surface area contributed by atoms with Crippen LogP contribution in [0.4, 0.5) is 5.69 Å². The standard InChI is InChI=1S/C19H18N4O2/c1-2-15-22-16(12-8-10-13(11-9-12)18(20)24)17(23-15)19(25)21-14-6-4-3-5-7-14/h3-11H,2H2,1H3,(H2,20,24)(H,21,25)(H,22,23). The fraction of sp³-hybridized carbons (Fsp3) is 0.105. The minimum atomic E-state index is -0.495. The molecular weight excluding hydrogens is 316 g/mol. The summed E-state index contributed by atoms with van der Waals surface area (Å²) in [5, 5.41) is 2.85. The van der Waals surface area contributed by atoms with Crippen LogP contribution in [-0.2, 0) is 6.42 Å². The van der Waals surface area contributed by atoms with Gasteiger partial charge in [0.15, 0.2) is 0 Å². The lowest BCUT2D eigenvalue weighted by Gasteiger charge is -2.06. The van der Waals surface area contributed by atoms with E-state index in [1.165, 1.54) is 0 Å². The number of imidazole rings is 1. The van der Waals surface area contributed by atoms with Gasteiger partial charge in [-0.1, -0.05) is 37.3 Å². The number of rotatable bonds is 5. The normalized spacial score (nSPS) is 10.4. The van der Waals surface area contributed by atoms with Crippen LogP contribution in [-0.4, -0.2) is 21.8 Å². The van der Waals surface area contributed by atoms with Gasteiger partial charge in [-0.05, 0) is 24.3 Å². The van der Waals surface area contributed by atoms with Crippen molar-refractivity contribution in [2.24, 2.45) is 5.73 Å². The molecule has 0 saturated carbocycles. The molecule has 0 bridgehead atoms. The van der Waals surface area contributed by atoms with Crippen molar-refractivity contribution in [3.8, 4) is 11.3 Å². The van der Waals surface area contributed by atoms with Gasteiger partial charge in [0.2, 0.25) is 5.91 Å². The first-order valence-corrected chi connectivity index (χ1v) is 7.94. The molecule has 0 unspecified atom stereocenters. The van der Waals surface area contributed by atoms with E-state index in [4.69, 9.17) is 5.73 Å². The lowest BCUT2D eigenvalue weighted by atomic mass is 10.1. The van der Waals surface area contributed by atoms with Crippen LogP contribution in [0.5, 0.6) is 0 Å². The third kappa shape index (κ3) is 3.58. The highest BCUT2D eigenvalue weighted by Gasteiger charge is 2.18. The summed E-state index contributed by atoms with van der Waals surface area (Å²) in [6.07, 6.45) is 0.672. The highest BCUT2D eigenvalue weighted by molar-refractivity contribution is 6.07. The average Bonchev–Trinajstić information content (AvgIpc) is 3.07. The fourth-order valence-electron chi connectivity index (χ4n) is 2.47. The first-order chi connectivity index (χ1) is 12.1. The van der Waals surface area contributed by atoms with Crippen LogP contribution in [0.15, 0.2) is 54.6 Å². The molecule has 1 heterocycles. The van der Waals surface area contributed by atoms with E-state index < -0.39 is 5.91 Å². The monoisotopic (exact) mass is 334 g/mol. The Morgan fingerprint density at radius 3 is 2.36 bits per heavy atom. The molecule has 3 aromatic rings. The van der Waals surface area contributed by atoms with Gasteiger partial charge in [-0.2, -0.15) is 0 Å². The fourth-order valence-corrected chi connectivity index (χ4v) is 2.47. The molecule has 25 heavy (non-hydrogen) atoms. The molecule has 0 spiro atoms. The number of nitrogens with two attached hydrogens (primary N) is 1. The van der Waals surface area contributed by atoms with E-state index >= 15 is 0 Å². The summed E-state index contributed by atoms with van der Waals surface area (Å²) in [7, 11) is 0. The summed E-state index contributed by atoms with van der Waals surface area (Å²) >= 11 is 0. The Bertz CT molecular complexity index is 899. The molecule has 6 nitrogen and oxygen atoms in total. The van der Waals surface area contributed by atoms with Crippen molar-refractivity contribution in [1.82, 2.24) is 9.97 Å². The molecule has 0 atom stereocenters. The number of nitrogens with zero attached hydrogens (tertiary/aromatic N) is 1. The van der Waals surface area contributed by atoms with Gasteiger partial charge in [-0.3, -0.25) is 9.59 Å². The van der Waals surface area contributed by atoms with Gasteiger partial charge in [0.25, 0.3) is 5.91 Å². The molecule has 0 fully saturated rings. The number of aromatic amines is 1. The van der Waals surface area contributed by atoms with E-state index in [0.29, 0.717) is 34.9 Å². The molecule has 0 aliphatic heterocycles. The smallest absolute Gasteiger partial charge is 0.274 e. The van der Waals surface area contributed by atoms with Crippen LogP contribution in [0.1, 0.15) is 33.6 Å². The summed E-state index contributed by atoms with van der Waals surface area (Å²) < 4.78 is 0. The van der Waals surface area contributed by atoms with Gasteiger partial charge in [-0.25, -0.2) is 4.98 Å². The predicted molar refractivity (Wildman–Crippen MR) is 96.3 cm³/mol. The summed E-state index contributed by atoms with van der Waals surface area (Å²) in [5.41, 5.74) is 8.04. The second kappa shape index (κ2) is 7.00. The number of anilines is 1. The number of carbonyl (C=O) groups excluding carboxylic acids is 2. The number of benzene rings is 2. The first-order valence-electron chi connectivity index (χ1n) is 7.94. The van der Waals surface area contributed by atoms with Crippen molar-refractivity contribution >= 4 is 17.5 Å². The molecule has 2 amide bonds. The molecule has 2 aromatic carbocycles. The second-order valence-electron chi connectivity index (χ2n) is 5.52. The van der Waals surface area contributed by atoms with E-state index in [1.807, 2.05) is 37.3 Å². The van der Waals surface area contributed by atoms with E-state index in [0.717, 1.165) is 5.56 Å². The average molecular weight is 334 g/mol. The lowest BCUT2D eigenvalue weighted by Crippen LogP contribution is -2.13. The Morgan fingerprint density at radius 2 is 1.76 bits per heavy atom. The largest absolute Gasteiger partial charge is 0.366 e. The number of para-hydroxylation sites is 1.